The molecule has 0 aromatic heterocycles. The Morgan fingerprint density at radius 2 is 1.59 bits per heavy atom. The minimum atomic E-state index is 0. The van der Waals surface area contributed by atoms with Crippen molar-refractivity contribution in [3.8, 4) is 0 Å². The van der Waals surface area contributed by atoms with Crippen LogP contribution in [0, 0.1) is 22.2 Å². The van der Waals surface area contributed by atoms with Gasteiger partial charge >= 0.3 is 0 Å². The van der Waals surface area contributed by atoms with Gasteiger partial charge in [0, 0.05) is 6.04 Å². The monoisotopic (exact) mass is 257 g/mol. The summed E-state index contributed by atoms with van der Waals surface area (Å²) in [6.45, 7) is 7.67. The fourth-order valence-corrected chi connectivity index (χ4v) is 6.14. The summed E-state index contributed by atoms with van der Waals surface area (Å²) in [6.07, 6.45) is 7.43. The highest BCUT2D eigenvalue weighted by Gasteiger charge is 2.73. The fourth-order valence-electron chi connectivity index (χ4n) is 6.14. The van der Waals surface area contributed by atoms with E-state index in [0.717, 1.165) is 12.0 Å². The lowest BCUT2D eigenvalue weighted by atomic mass is 9.55. The van der Waals surface area contributed by atoms with Crippen LogP contribution in [0.4, 0.5) is 0 Å². The molecule has 3 atom stereocenters. The summed E-state index contributed by atoms with van der Waals surface area (Å²) in [5, 5.41) is 0. The van der Waals surface area contributed by atoms with Crippen LogP contribution in [0.3, 0.4) is 0 Å². The Balaban J connectivity index is 0.00000108. The standard InChI is InChI=1S/C15H27N.ClH/c1-13(2)11-7-10-14(13,3)12(16(4)5)15(11)8-6-9-15;/h11-12H,6-10H2,1-5H3;1H/t11-,12-,14-;/m0./s1. The van der Waals surface area contributed by atoms with E-state index in [1.165, 1.54) is 32.1 Å². The van der Waals surface area contributed by atoms with Crippen molar-refractivity contribution in [1.29, 1.82) is 0 Å². The molecule has 17 heavy (non-hydrogen) atoms. The molecule has 0 radical (unpaired) electrons. The molecule has 0 N–H and O–H groups in total. The van der Waals surface area contributed by atoms with Gasteiger partial charge in [-0.15, -0.1) is 12.4 Å². The van der Waals surface area contributed by atoms with Crippen LogP contribution in [0.25, 0.3) is 0 Å². The maximum Gasteiger partial charge on any atom is 0.0207 e. The molecule has 3 saturated carbocycles. The number of hydrogen-bond acceptors (Lipinski definition) is 1. The SMILES string of the molecule is CN(C)[C@@H]1C2(CCC2)[C@H]2CC[C@]1(C)C2(C)C.Cl. The molecule has 3 aliphatic rings. The lowest BCUT2D eigenvalue weighted by Crippen LogP contribution is -2.55. The molecule has 1 spiro atoms. The molecule has 0 aromatic rings. The molecule has 0 aromatic carbocycles. The molecule has 100 valence electrons. The maximum atomic E-state index is 2.57. The van der Waals surface area contributed by atoms with E-state index in [4.69, 9.17) is 0 Å². The van der Waals surface area contributed by atoms with E-state index in [9.17, 15) is 0 Å². The third kappa shape index (κ3) is 1.26. The summed E-state index contributed by atoms with van der Waals surface area (Å²) in [7, 11) is 4.62. The fraction of sp³-hybridized carbons (Fsp3) is 1.00. The number of nitrogens with zero attached hydrogens (tertiary/aromatic N) is 1. The first kappa shape index (κ1) is 13.7. The summed E-state index contributed by atoms with van der Waals surface area (Å²) in [5.41, 5.74) is 1.81. The van der Waals surface area contributed by atoms with Gasteiger partial charge in [-0.1, -0.05) is 27.2 Å². The van der Waals surface area contributed by atoms with Gasteiger partial charge < -0.3 is 4.90 Å². The molecule has 3 fully saturated rings. The summed E-state index contributed by atoms with van der Waals surface area (Å²) >= 11 is 0. The van der Waals surface area contributed by atoms with Gasteiger partial charge in [-0.2, -0.15) is 0 Å². The Labute approximate surface area is 113 Å². The van der Waals surface area contributed by atoms with Gasteiger partial charge in [0.05, 0.1) is 0 Å². The second-order valence-corrected chi connectivity index (χ2v) is 7.68. The molecule has 2 bridgehead atoms. The average Bonchev–Trinajstić information content (AvgIpc) is 2.42. The van der Waals surface area contributed by atoms with Crippen molar-refractivity contribution in [2.24, 2.45) is 22.2 Å². The van der Waals surface area contributed by atoms with Crippen molar-refractivity contribution in [2.75, 3.05) is 14.1 Å². The van der Waals surface area contributed by atoms with Gasteiger partial charge in [0.2, 0.25) is 0 Å². The predicted molar refractivity (Wildman–Crippen MR) is 75.6 cm³/mol. The van der Waals surface area contributed by atoms with Crippen molar-refractivity contribution in [3.63, 3.8) is 0 Å². The Bertz CT molecular complexity index is 319. The van der Waals surface area contributed by atoms with E-state index in [1.807, 2.05) is 0 Å². The third-order valence-corrected chi connectivity index (χ3v) is 6.94. The molecule has 0 aliphatic heterocycles. The molecule has 3 rings (SSSR count). The van der Waals surface area contributed by atoms with E-state index in [-0.39, 0.29) is 12.4 Å². The quantitative estimate of drug-likeness (QED) is 0.687. The van der Waals surface area contributed by atoms with E-state index < -0.39 is 0 Å². The highest BCUT2D eigenvalue weighted by Crippen LogP contribution is 2.77. The topological polar surface area (TPSA) is 3.24 Å². The van der Waals surface area contributed by atoms with E-state index in [2.05, 4.69) is 39.8 Å². The molecule has 2 heteroatoms. The first-order chi connectivity index (χ1) is 7.36. The predicted octanol–water partition coefficient (Wildman–Crippen LogP) is 3.96. The molecule has 1 nitrogen and oxygen atoms in total. The largest absolute Gasteiger partial charge is 0.305 e. The van der Waals surface area contributed by atoms with Crippen LogP contribution < -0.4 is 0 Å². The normalized spacial score (nSPS) is 44.8. The van der Waals surface area contributed by atoms with E-state index in [0.29, 0.717) is 16.2 Å². The number of rotatable bonds is 1. The summed E-state index contributed by atoms with van der Waals surface area (Å²) in [6, 6.07) is 0.836. The summed E-state index contributed by atoms with van der Waals surface area (Å²) in [4.78, 5) is 2.56. The van der Waals surface area contributed by atoms with Gasteiger partial charge in [-0.25, -0.2) is 0 Å². The Kier molecular flexibility index (Phi) is 2.92. The average molecular weight is 258 g/mol. The molecule has 0 amide bonds. The number of halogens is 1. The van der Waals surface area contributed by atoms with Crippen LogP contribution in [0.5, 0.6) is 0 Å². The molecule has 0 saturated heterocycles. The highest BCUT2D eigenvalue weighted by molar-refractivity contribution is 5.85. The first-order valence-electron chi connectivity index (χ1n) is 7.03. The smallest absolute Gasteiger partial charge is 0.0207 e. The molecule has 0 heterocycles. The lowest BCUT2D eigenvalue weighted by Gasteiger charge is -2.55. The zero-order chi connectivity index (χ0) is 11.8. The van der Waals surface area contributed by atoms with Crippen molar-refractivity contribution in [2.45, 2.75) is 58.9 Å². The van der Waals surface area contributed by atoms with Crippen LogP contribution in [0.15, 0.2) is 0 Å². The van der Waals surface area contributed by atoms with Gasteiger partial charge in [-0.05, 0) is 61.9 Å². The van der Waals surface area contributed by atoms with Crippen molar-refractivity contribution in [3.05, 3.63) is 0 Å². The molecule has 0 unspecified atom stereocenters. The summed E-state index contributed by atoms with van der Waals surface area (Å²) in [5.74, 6) is 0.992. The molecular weight excluding hydrogens is 230 g/mol. The lowest BCUT2D eigenvalue weighted by molar-refractivity contribution is -0.0480. The number of hydrogen-bond donors (Lipinski definition) is 0. The zero-order valence-corrected chi connectivity index (χ0v) is 12.9. The minimum Gasteiger partial charge on any atom is -0.305 e. The number of fused-ring (bicyclic) bond motifs is 3. The van der Waals surface area contributed by atoms with Crippen molar-refractivity contribution >= 4 is 12.4 Å². The van der Waals surface area contributed by atoms with Gasteiger partial charge in [-0.3, -0.25) is 0 Å². The van der Waals surface area contributed by atoms with Crippen LogP contribution in [-0.4, -0.2) is 25.0 Å². The molecule has 3 aliphatic carbocycles. The maximum absolute atomic E-state index is 2.57. The van der Waals surface area contributed by atoms with Gasteiger partial charge in [0.25, 0.3) is 0 Å². The van der Waals surface area contributed by atoms with Crippen molar-refractivity contribution < 1.29 is 0 Å². The van der Waals surface area contributed by atoms with Crippen LogP contribution >= 0.6 is 12.4 Å². The summed E-state index contributed by atoms with van der Waals surface area (Å²) < 4.78 is 0. The zero-order valence-electron chi connectivity index (χ0n) is 12.0. The first-order valence-corrected chi connectivity index (χ1v) is 7.03. The third-order valence-electron chi connectivity index (χ3n) is 6.94. The molecular formula is C15H28ClN. The highest BCUT2D eigenvalue weighted by atomic mass is 35.5. The second kappa shape index (κ2) is 3.63. The van der Waals surface area contributed by atoms with Gasteiger partial charge in [0.1, 0.15) is 0 Å². The Morgan fingerprint density at radius 3 is 1.94 bits per heavy atom. The van der Waals surface area contributed by atoms with Crippen molar-refractivity contribution in [1.82, 2.24) is 4.90 Å². The van der Waals surface area contributed by atoms with Gasteiger partial charge in [0.15, 0.2) is 0 Å². The second-order valence-electron chi connectivity index (χ2n) is 7.68. The van der Waals surface area contributed by atoms with Crippen LogP contribution in [-0.2, 0) is 0 Å². The Morgan fingerprint density at radius 1 is 1.00 bits per heavy atom. The van der Waals surface area contributed by atoms with E-state index >= 15 is 0 Å². The van der Waals surface area contributed by atoms with Crippen LogP contribution in [0.2, 0.25) is 0 Å². The van der Waals surface area contributed by atoms with Crippen LogP contribution in [0.1, 0.15) is 52.9 Å². The Hall–Kier alpha value is 0.250. The van der Waals surface area contributed by atoms with E-state index in [1.54, 1.807) is 0 Å². The minimum absolute atomic E-state index is 0.